The summed E-state index contributed by atoms with van der Waals surface area (Å²) in [6.45, 7) is 0. The Morgan fingerprint density at radius 2 is 1.56 bits per heavy atom. The second-order valence-corrected chi connectivity index (χ2v) is 6.66. The molecule has 1 N–H and O–H groups in total. The number of aromatic nitrogens is 2. The van der Waals surface area contributed by atoms with Gasteiger partial charge >= 0.3 is 0 Å². The van der Waals surface area contributed by atoms with Crippen molar-refractivity contribution >= 4 is 46.1 Å². The van der Waals surface area contributed by atoms with Gasteiger partial charge in [-0.3, -0.25) is 5.43 Å². The van der Waals surface area contributed by atoms with Crippen molar-refractivity contribution in [3.63, 3.8) is 0 Å². The van der Waals surface area contributed by atoms with Crippen LogP contribution < -0.4 is 5.43 Å². The van der Waals surface area contributed by atoms with Crippen LogP contribution >= 0.6 is 23.2 Å². The maximum atomic E-state index is 6.16. The fraction of sp³-hybridized carbons (Fsp3) is 0. The third-order valence-electron chi connectivity index (χ3n) is 3.98. The smallest absolute Gasteiger partial charge is 0.162 e. The van der Waals surface area contributed by atoms with E-state index in [2.05, 4.69) is 20.5 Å². The van der Waals surface area contributed by atoms with Gasteiger partial charge < -0.3 is 0 Å². The highest BCUT2D eigenvalue weighted by atomic mass is 35.5. The number of benzene rings is 3. The lowest BCUT2D eigenvalue weighted by Gasteiger charge is -2.08. The Morgan fingerprint density at radius 3 is 2.37 bits per heavy atom. The zero-order valence-electron chi connectivity index (χ0n) is 14.1. The lowest BCUT2D eigenvalue weighted by molar-refractivity contribution is 1.19. The summed E-state index contributed by atoms with van der Waals surface area (Å²) in [5.41, 5.74) is 5.55. The van der Waals surface area contributed by atoms with Crippen LogP contribution in [0.15, 0.2) is 77.9 Å². The normalized spacial score (nSPS) is 11.2. The third kappa shape index (κ3) is 3.92. The Morgan fingerprint density at radius 1 is 0.815 bits per heavy atom. The number of nitrogens with one attached hydrogen (secondary N) is 1. The lowest BCUT2D eigenvalue weighted by Crippen LogP contribution is -1.99. The summed E-state index contributed by atoms with van der Waals surface area (Å²) in [4.78, 5) is 9.29. The monoisotopic (exact) mass is 392 g/mol. The van der Waals surface area contributed by atoms with Crippen molar-refractivity contribution in [2.75, 3.05) is 5.43 Å². The van der Waals surface area contributed by atoms with Crippen LogP contribution in [0.25, 0.3) is 22.3 Å². The average Bonchev–Trinajstić information content (AvgIpc) is 2.70. The van der Waals surface area contributed by atoms with E-state index in [1.54, 1.807) is 6.21 Å². The van der Waals surface area contributed by atoms with Crippen molar-refractivity contribution < 1.29 is 0 Å². The molecule has 132 valence electrons. The molecule has 4 rings (SSSR count). The molecular formula is C21H14Cl2N4. The van der Waals surface area contributed by atoms with Crippen molar-refractivity contribution in [2.45, 2.75) is 0 Å². The van der Waals surface area contributed by atoms with E-state index in [-0.39, 0.29) is 0 Å². The first-order chi connectivity index (χ1) is 13.2. The molecule has 0 bridgehead atoms. The minimum absolute atomic E-state index is 0.598. The van der Waals surface area contributed by atoms with E-state index >= 15 is 0 Å². The van der Waals surface area contributed by atoms with Gasteiger partial charge in [-0.15, -0.1) is 0 Å². The predicted octanol–water partition coefficient (Wildman–Crippen LogP) is 6.05. The molecule has 0 amide bonds. The first-order valence-corrected chi connectivity index (χ1v) is 9.02. The van der Waals surface area contributed by atoms with Gasteiger partial charge in [0.15, 0.2) is 11.6 Å². The van der Waals surface area contributed by atoms with Gasteiger partial charge in [0.25, 0.3) is 0 Å². The van der Waals surface area contributed by atoms with Crippen LogP contribution in [-0.2, 0) is 0 Å². The van der Waals surface area contributed by atoms with Gasteiger partial charge in [0.1, 0.15) is 0 Å². The van der Waals surface area contributed by atoms with Gasteiger partial charge in [-0.25, -0.2) is 9.97 Å². The van der Waals surface area contributed by atoms with Gasteiger partial charge in [0, 0.05) is 26.6 Å². The van der Waals surface area contributed by atoms with Crippen LogP contribution in [0, 0.1) is 0 Å². The first-order valence-electron chi connectivity index (χ1n) is 8.27. The quantitative estimate of drug-likeness (QED) is 0.339. The molecule has 0 saturated carbocycles. The molecule has 0 aliphatic rings. The molecule has 0 aliphatic heterocycles. The van der Waals surface area contributed by atoms with Crippen molar-refractivity contribution in [2.24, 2.45) is 5.10 Å². The number of halogens is 2. The van der Waals surface area contributed by atoms with E-state index in [9.17, 15) is 0 Å². The van der Waals surface area contributed by atoms with Crippen molar-refractivity contribution in [3.05, 3.63) is 88.4 Å². The highest BCUT2D eigenvalue weighted by molar-refractivity contribution is 6.33. The molecular weight excluding hydrogens is 379 g/mol. The summed E-state index contributed by atoms with van der Waals surface area (Å²) >= 11 is 12.1. The van der Waals surface area contributed by atoms with Crippen LogP contribution in [0.4, 0.5) is 5.82 Å². The van der Waals surface area contributed by atoms with Crippen LogP contribution in [0.3, 0.4) is 0 Å². The van der Waals surface area contributed by atoms with Crippen LogP contribution in [0.2, 0.25) is 10.0 Å². The molecule has 0 radical (unpaired) electrons. The molecule has 4 nitrogen and oxygen atoms in total. The molecule has 0 fully saturated rings. The van der Waals surface area contributed by atoms with E-state index in [1.165, 1.54) is 0 Å². The molecule has 1 heterocycles. The van der Waals surface area contributed by atoms with E-state index < -0.39 is 0 Å². The van der Waals surface area contributed by atoms with Crippen LogP contribution in [-0.4, -0.2) is 16.2 Å². The predicted molar refractivity (Wildman–Crippen MR) is 113 cm³/mol. The number of nitrogens with zero attached hydrogens (tertiary/aromatic N) is 3. The van der Waals surface area contributed by atoms with E-state index in [0.717, 1.165) is 22.0 Å². The Labute approximate surface area is 166 Å². The molecule has 3 aromatic carbocycles. The number of rotatable bonds is 4. The number of para-hydroxylation sites is 1. The minimum atomic E-state index is 0.598. The van der Waals surface area contributed by atoms with E-state index in [4.69, 9.17) is 23.2 Å². The van der Waals surface area contributed by atoms with Gasteiger partial charge in [-0.05, 0) is 42.5 Å². The zero-order chi connectivity index (χ0) is 18.6. The third-order valence-corrected chi connectivity index (χ3v) is 4.58. The summed E-state index contributed by atoms with van der Waals surface area (Å²) < 4.78 is 0. The number of hydrogen-bond acceptors (Lipinski definition) is 4. The van der Waals surface area contributed by atoms with Crippen LogP contribution in [0.1, 0.15) is 5.56 Å². The van der Waals surface area contributed by atoms with Crippen molar-refractivity contribution in [1.29, 1.82) is 0 Å². The highest BCUT2D eigenvalue weighted by Crippen LogP contribution is 2.25. The Kier molecular flexibility index (Phi) is 5.01. The second-order valence-electron chi connectivity index (χ2n) is 5.81. The topological polar surface area (TPSA) is 50.2 Å². The maximum absolute atomic E-state index is 6.16. The molecule has 0 spiro atoms. The van der Waals surface area contributed by atoms with Gasteiger partial charge in [0.05, 0.1) is 11.7 Å². The van der Waals surface area contributed by atoms with Crippen LogP contribution in [0.5, 0.6) is 0 Å². The second kappa shape index (κ2) is 7.74. The Balaban J connectivity index is 1.72. The van der Waals surface area contributed by atoms with Gasteiger partial charge in [0.2, 0.25) is 0 Å². The lowest BCUT2D eigenvalue weighted by atomic mass is 10.2. The van der Waals surface area contributed by atoms with Gasteiger partial charge in [-0.2, -0.15) is 5.10 Å². The number of hydrazone groups is 1. The minimum Gasteiger partial charge on any atom is -0.261 e. The number of hydrogen-bond donors (Lipinski definition) is 1. The summed E-state index contributed by atoms with van der Waals surface area (Å²) in [5.74, 6) is 1.22. The van der Waals surface area contributed by atoms with Gasteiger partial charge in [-0.1, -0.05) is 53.5 Å². The van der Waals surface area contributed by atoms with Crippen molar-refractivity contribution in [1.82, 2.24) is 9.97 Å². The Hall–Kier alpha value is -2.95. The molecule has 0 unspecified atom stereocenters. The molecule has 4 aromatic rings. The zero-order valence-corrected chi connectivity index (χ0v) is 15.6. The molecule has 27 heavy (non-hydrogen) atoms. The summed E-state index contributed by atoms with van der Waals surface area (Å²) in [6.07, 6.45) is 1.67. The molecule has 1 aromatic heterocycles. The molecule has 0 aliphatic carbocycles. The molecule has 0 saturated heterocycles. The standard InChI is InChI=1S/C21H14Cl2N4/c22-16-11-9-14(10-12-16)20-25-19-8-4-2-6-17(19)21(26-20)27-24-13-15-5-1-3-7-18(15)23/h1-13H,(H,25,26,27)/b24-13+. The summed E-state index contributed by atoms with van der Waals surface area (Å²) in [5, 5.41) is 6.49. The Bertz CT molecular complexity index is 1120. The highest BCUT2D eigenvalue weighted by Gasteiger charge is 2.09. The summed E-state index contributed by atoms with van der Waals surface area (Å²) in [7, 11) is 0. The SMILES string of the molecule is Clc1ccc(-c2nc(N/N=C/c3ccccc3Cl)c3ccccc3n2)cc1. The van der Waals surface area contributed by atoms with E-state index in [1.807, 2.05) is 72.8 Å². The fourth-order valence-electron chi connectivity index (χ4n) is 2.63. The molecule has 6 heteroatoms. The average molecular weight is 393 g/mol. The summed E-state index contributed by atoms with van der Waals surface area (Å²) in [6, 6.07) is 22.7. The maximum Gasteiger partial charge on any atom is 0.162 e. The number of fused-ring (bicyclic) bond motifs is 1. The first kappa shape index (κ1) is 17.5. The fourth-order valence-corrected chi connectivity index (χ4v) is 2.94. The van der Waals surface area contributed by atoms with E-state index in [0.29, 0.717) is 21.7 Å². The largest absolute Gasteiger partial charge is 0.261 e. The number of anilines is 1. The van der Waals surface area contributed by atoms with Crippen molar-refractivity contribution in [3.8, 4) is 11.4 Å². The molecule has 0 atom stereocenters.